The van der Waals surface area contributed by atoms with E-state index in [1.165, 1.54) is 0 Å². The van der Waals surface area contributed by atoms with Crippen LogP contribution in [0.3, 0.4) is 0 Å². The fraction of sp³-hybridized carbons (Fsp3) is 0.571. The smallest absolute Gasteiger partial charge is 0.181 e. The normalized spacial score (nSPS) is 20.9. The van der Waals surface area contributed by atoms with Gasteiger partial charge in [0.25, 0.3) is 0 Å². The Morgan fingerprint density at radius 3 is 2.67 bits per heavy atom. The van der Waals surface area contributed by atoms with Crippen LogP contribution < -0.4 is 0 Å². The second-order valence-corrected chi connectivity index (χ2v) is 7.04. The quantitative estimate of drug-likeness (QED) is 0.846. The first-order chi connectivity index (χ1) is 8.49. The predicted molar refractivity (Wildman–Crippen MR) is 71.6 cm³/mol. The van der Waals surface area contributed by atoms with Gasteiger partial charge in [-0.1, -0.05) is 17.7 Å². The van der Waals surface area contributed by atoms with E-state index >= 15 is 0 Å². The topological polar surface area (TPSA) is 43.4 Å². The summed E-state index contributed by atoms with van der Waals surface area (Å²) in [7, 11) is -3.23. The molecule has 1 saturated heterocycles. The van der Waals surface area contributed by atoms with Gasteiger partial charge in [0.15, 0.2) is 9.84 Å². The number of sulfone groups is 1. The van der Waals surface area contributed by atoms with Crippen LogP contribution in [0.15, 0.2) is 23.1 Å². The molecule has 0 aromatic heterocycles. The molecule has 0 aliphatic carbocycles. The van der Waals surface area contributed by atoms with Crippen LogP contribution in [-0.2, 0) is 14.6 Å². The van der Waals surface area contributed by atoms with Crippen molar-refractivity contribution in [1.29, 1.82) is 0 Å². The molecule has 0 radical (unpaired) electrons. The Bertz CT molecular complexity index is 514. The summed E-state index contributed by atoms with van der Waals surface area (Å²) in [4.78, 5) is 0.447. The standard InChI is InChI=1S/C14H20O3S/c1-11-6-7-14(12(2)9-11)18(15,16)10-13-5-3-4-8-17-13/h6-7,9,13H,3-5,8,10H2,1-2H3. The molecule has 0 spiro atoms. The first-order valence-electron chi connectivity index (χ1n) is 6.41. The number of rotatable bonds is 3. The fourth-order valence-electron chi connectivity index (χ4n) is 2.42. The van der Waals surface area contributed by atoms with Gasteiger partial charge in [-0.15, -0.1) is 0 Å². The third kappa shape index (κ3) is 3.12. The highest BCUT2D eigenvalue weighted by molar-refractivity contribution is 7.91. The van der Waals surface area contributed by atoms with Gasteiger partial charge in [0.05, 0.1) is 16.8 Å². The lowest BCUT2D eigenvalue weighted by Crippen LogP contribution is -2.28. The molecule has 1 aliphatic rings. The number of benzene rings is 1. The van der Waals surface area contributed by atoms with Crippen LogP contribution in [0.25, 0.3) is 0 Å². The molecule has 0 saturated carbocycles. The average Bonchev–Trinajstić information content (AvgIpc) is 2.29. The summed E-state index contributed by atoms with van der Waals surface area (Å²) in [6.07, 6.45) is 2.82. The Kier molecular flexibility index (Phi) is 4.07. The van der Waals surface area contributed by atoms with Crippen LogP contribution in [0.5, 0.6) is 0 Å². The minimum atomic E-state index is -3.23. The molecule has 0 amide bonds. The van der Waals surface area contributed by atoms with Crippen LogP contribution in [0.4, 0.5) is 0 Å². The lowest BCUT2D eigenvalue weighted by Gasteiger charge is -2.22. The zero-order valence-corrected chi connectivity index (χ0v) is 11.8. The van der Waals surface area contributed by atoms with Gasteiger partial charge in [-0.05, 0) is 44.7 Å². The molecule has 2 rings (SSSR count). The van der Waals surface area contributed by atoms with Crippen molar-refractivity contribution in [3.05, 3.63) is 29.3 Å². The molecule has 1 fully saturated rings. The van der Waals surface area contributed by atoms with Gasteiger partial charge < -0.3 is 4.74 Å². The van der Waals surface area contributed by atoms with Crippen molar-refractivity contribution >= 4 is 9.84 Å². The number of hydrogen-bond donors (Lipinski definition) is 0. The van der Waals surface area contributed by atoms with Gasteiger partial charge in [0, 0.05) is 6.61 Å². The maximum Gasteiger partial charge on any atom is 0.181 e. The first kappa shape index (κ1) is 13.6. The van der Waals surface area contributed by atoms with E-state index < -0.39 is 9.84 Å². The zero-order chi connectivity index (χ0) is 13.2. The molecular weight excluding hydrogens is 248 g/mol. The lowest BCUT2D eigenvalue weighted by atomic mass is 10.1. The maximum absolute atomic E-state index is 12.4. The highest BCUT2D eigenvalue weighted by Crippen LogP contribution is 2.22. The zero-order valence-electron chi connectivity index (χ0n) is 11.0. The van der Waals surface area contributed by atoms with E-state index in [2.05, 4.69) is 0 Å². The van der Waals surface area contributed by atoms with E-state index in [1.807, 2.05) is 26.0 Å². The van der Waals surface area contributed by atoms with E-state index in [0.717, 1.165) is 30.4 Å². The Morgan fingerprint density at radius 1 is 1.28 bits per heavy atom. The number of aryl methyl sites for hydroxylation is 2. The Balaban J connectivity index is 2.19. The van der Waals surface area contributed by atoms with Gasteiger partial charge in [-0.2, -0.15) is 0 Å². The van der Waals surface area contributed by atoms with Gasteiger partial charge in [-0.3, -0.25) is 0 Å². The molecule has 0 N–H and O–H groups in total. The summed E-state index contributed by atoms with van der Waals surface area (Å²) < 4.78 is 30.2. The average molecular weight is 268 g/mol. The molecule has 3 nitrogen and oxygen atoms in total. The van der Waals surface area contributed by atoms with E-state index in [9.17, 15) is 8.42 Å². The molecular formula is C14H20O3S. The third-order valence-corrected chi connectivity index (χ3v) is 5.28. The molecule has 1 aromatic carbocycles. The largest absolute Gasteiger partial charge is 0.377 e. The van der Waals surface area contributed by atoms with Crippen molar-refractivity contribution in [2.24, 2.45) is 0 Å². The first-order valence-corrected chi connectivity index (χ1v) is 8.06. The van der Waals surface area contributed by atoms with Gasteiger partial charge in [0.2, 0.25) is 0 Å². The molecule has 0 bridgehead atoms. The molecule has 18 heavy (non-hydrogen) atoms. The minimum Gasteiger partial charge on any atom is -0.377 e. The van der Waals surface area contributed by atoms with Crippen LogP contribution in [0, 0.1) is 13.8 Å². The third-order valence-electron chi connectivity index (χ3n) is 3.34. The molecule has 1 heterocycles. The van der Waals surface area contributed by atoms with Crippen molar-refractivity contribution in [3.8, 4) is 0 Å². The van der Waals surface area contributed by atoms with Crippen molar-refractivity contribution in [3.63, 3.8) is 0 Å². The summed E-state index contributed by atoms with van der Waals surface area (Å²) in [5.74, 6) is 0.108. The highest BCUT2D eigenvalue weighted by Gasteiger charge is 2.24. The van der Waals surface area contributed by atoms with Crippen molar-refractivity contribution in [2.45, 2.75) is 44.1 Å². The molecule has 1 atom stereocenters. The highest BCUT2D eigenvalue weighted by atomic mass is 32.2. The summed E-state index contributed by atoms with van der Waals surface area (Å²) in [5.41, 5.74) is 1.91. The van der Waals surface area contributed by atoms with Crippen molar-refractivity contribution in [2.75, 3.05) is 12.4 Å². The van der Waals surface area contributed by atoms with Crippen LogP contribution in [0.1, 0.15) is 30.4 Å². The SMILES string of the molecule is Cc1ccc(S(=O)(=O)CC2CCCCO2)c(C)c1. The molecule has 1 unspecified atom stereocenters. The van der Waals surface area contributed by atoms with E-state index in [4.69, 9.17) is 4.74 Å². The van der Waals surface area contributed by atoms with Crippen LogP contribution in [-0.4, -0.2) is 26.9 Å². The molecule has 1 aromatic rings. The Hall–Kier alpha value is -0.870. The monoisotopic (exact) mass is 268 g/mol. The summed E-state index contributed by atoms with van der Waals surface area (Å²) >= 11 is 0. The summed E-state index contributed by atoms with van der Waals surface area (Å²) in [5, 5.41) is 0. The number of ether oxygens (including phenoxy) is 1. The van der Waals surface area contributed by atoms with Gasteiger partial charge in [0.1, 0.15) is 0 Å². The fourth-order valence-corrected chi connectivity index (χ4v) is 4.18. The second-order valence-electron chi connectivity index (χ2n) is 5.04. The lowest BCUT2D eigenvalue weighted by molar-refractivity contribution is 0.0305. The van der Waals surface area contributed by atoms with E-state index in [0.29, 0.717) is 11.5 Å². The van der Waals surface area contributed by atoms with Crippen LogP contribution in [0.2, 0.25) is 0 Å². The summed E-state index contributed by atoms with van der Waals surface area (Å²) in [6, 6.07) is 5.47. The molecule has 4 heteroatoms. The van der Waals surface area contributed by atoms with Crippen molar-refractivity contribution in [1.82, 2.24) is 0 Å². The Labute approximate surface area is 109 Å². The maximum atomic E-state index is 12.4. The van der Waals surface area contributed by atoms with Crippen LogP contribution >= 0.6 is 0 Å². The summed E-state index contributed by atoms with van der Waals surface area (Å²) in [6.45, 7) is 4.50. The second kappa shape index (κ2) is 5.41. The van der Waals surface area contributed by atoms with Crippen molar-refractivity contribution < 1.29 is 13.2 Å². The molecule has 100 valence electrons. The van der Waals surface area contributed by atoms with Gasteiger partial charge in [-0.25, -0.2) is 8.42 Å². The number of hydrogen-bond acceptors (Lipinski definition) is 3. The van der Waals surface area contributed by atoms with E-state index in [1.54, 1.807) is 6.07 Å². The Morgan fingerprint density at radius 2 is 2.06 bits per heavy atom. The minimum absolute atomic E-state index is 0.108. The predicted octanol–water partition coefficient (Wildman–Crippen LogP) is 2.65. The molecule has 1 aliphatic heterocycles. The van der Waals surface area contributed by atoms with E-state index in [-0.39, 0.29) is 11.9 Å². The van der Waals surface area contributed by atoms with Gasteiger partial charge >= 0.3 is 0 Å².